The average molecular weight is 392 g/mol. The molecule has 0 saturated carbocycles. The van der Waals surface area contributed by atoms with E-state index in [2.05, 4.69) is 30.1 Å². The molecule has 8 heteroatoms. The second kappa shape index (κ2) is 8.64. The van der Waals surface area contributed by atoms with Crippen LogP contribution in [0.15, 0.2) is 54.9 Å². The Morgan fingerprint density at radius 3 is 2.24 bits per heavy atom. The SMILES string of the molecule is COc1ccc(Nc2nccc(N3CCN(c4ccccn4)CC3)n2)cc1OC. The van der Waals surface area contributed by atoms with Crippen molar-refractivity contribution in [2.45, 2.75) is 0 Å². The summed E-state index contributed by atoms with van der Waals surface area (Å²) < 4.78 is 10.6. The van der Waals surface area contributed by atoms with E-state index in [0.717, 1.165) is 43.5 Å². The smallest absolute Gasteiger partial charge is 0.229 e. The van der Waals surface area contributed by atoms with Crippen LogP contribution < -0.4 is 24.6 Å². The fourth-order valence-electron chi connectivity index (χ4n) is 3.33. The third-order valence-corrected chi connectivity index (χ3v) is 4.86. The molecule has 1 aliphatic rings. The predicted octanol–water partition coefficient (Wildman–Crippen LogP) is 2.96. The van der Waals surface area contributed by atoms with Gasteiger partial charge in [0.2, 0.25) is 5.95 Å². The molecular formula is C21H24N6O2. The number of aromatic nitrogens is 3. The molecule has 150 valence electrons. The Bertz CT molecular complexity index is 945. The molecule has 0 atom stereocenters. The van der Waals surface area contributed by atoms with Crippen LogP contribution in [-0.2, 0) is 0 Å². The first-order chi connectivity index (χ1) is 14.3. The topological polar surface area (TPSA) is 75.6 Å². The minimum atomic E-state index is 0.543. The molecule has 8 nitrogen and oxygen atoms in total. The van der Waals surface area contributed by atoms with Crippen LogP contribution >= 0.6 is 0 Å². The van der Waals surface area contributed by atoms with E-state index in [1.165, 1.54) is 0 Å². The lowest BCUT2D eigenvalue weighted by Gasteiger charge is -2.36. The Morgan fingerprint density at radius 1 is 0.793 bits per heavy atom. The third kappa shape index (κ3) is 4.31. The zero-order valence-corrected chi connectivity index (χ0v) is 16.6. The van der Waals surface area contributed by atoms with Crippen LogP contribution in [-0.4, -0.2) is 55.4 Å². The van der Waals surface area contributed by atoms with E-state index in [-0.39, 0.29) is 0 Å². The first kappa shape index (κ1) is 18.8. The summed E-state index contributed by atoms with van der Waals surface area (Å²) in [6.07, 6.45) is 3.61. The molecule has 1 N–H and O–H groups in total. The minimum Gasteiger partial charge on any atom is -0.493 e. The molecule has 1 fully saturated rings. The number of nitrogens with zero attached hydrogens (tertiary/aromatic N) is 5. The van der Waals surface area contributed by atoms with E-state index in [1.54, 1.807) is 20.4 Å². The molecule has 3 heterocycles. The number of ether oxygens (including phenoxy) is 2. The van der Waals surface area contributed by atoms with Gasteiger partial charge in [0.25, 0.3) is 0 Å². The summed E-state index contributed by atoms with van der Waals surface area (Å²) in [5.41, 5.74) is 0.833. The van der Waals surface area contributed by atoms with Crippen LogP contribution in [0.2, 0.25) is 0 Å². The Morgan fingerprint density at radius 2 is 1.55 bits per heavy atom. The number of piperazine rings is 1. The minimum absolute atomic E-state index is 0.543. The lowest BCUT2D eigenvalue weighted by molar-refractivity contribution is 0.355. The van der Waals surface area contributed by atoms with Gasteiger partial charge >= 0.3 is 0 Å². The van der Waals surface area contributed by atoms with E-state index >= 15 is 0 Å². The largest absolute Gasteiger partial charge is 0.493 e. The molecular weight excluding hydrogens is 368 g/mol. The summed E-state index contributed by atoms with van der Waals surface area (Å²) >= 11 is 0. The van der Waals surface area contributed by atoms with E-state index < -0.39 is 0 Å². The van der Waals surface area contributed by atoms with Crippen molar-refractivity contribution in [2.24, 2.45) is 0 Å². The number of hydrogen-bond acceptors (Lipinski definition) is 8. The summed E-state index contributed by atoms with van der Waals surface area (Å²) in [6.45, 7) is 3.56. The average Bonchev–Trinajstić information content (AvgIpc) is 2.80. The van der Waals surface area contributed by atoms with Gasteiger partial charge in [-0.1, -0.05) is 6.07 Å². The van der Waals surface area contributed by atoms with Gasteiger partial charge in [-0.25, -0.2) is 9.97 Å². The van der Waals surface area contributed by atoms with Crippen molar-refractivity contribution in [3.05, 3.63) is 54.9 Å². The third-order valence-electron chi connectivity index (χ3n) is 4.86. The predicted molar refractivity (Wildman–Crippen MR) is 114 cm³/mol. The molecule has 29 heavy (non-hydrogen) atoms. The zero-order chi connectivity index (χ0) is 20.1. The standard InChI is InChI=1S/C21H24N6O2/c1-28-17-7-6-16(15-18(17)29-2)24-21-23-10-8-20(25-21)27-13-11-26(12-14-27)19-5-3-4-9-22-19/h3-10,15H,11-14H2,1-2H3,(H,23,24,25). The lowest BCUT2D eigenvalue weighted by atomic mass is 10.2. The Kier molecular flexibility index (Phi) is 5.60. The molecule has 0 unspecified atom stereocenters. The van der Waals surface area contributed by atoms with Crippen LogP contribution in [0.1, 0.15) is 0 Å². The number of anilines is 4. The van der Waals surface area contributed by atoms with Gasteiger partial charge in [-0.2, -0.15) is 4.98 Å². The molecule has 4 rings (SSSR count). The number of benzene rings is 1. The molecule has 1 aliphatic heterocycles. The Balaban J connectivity index is 1.43. The van der Waals surface area contributed by atoms with Crippen molar-refractivity contribution >= 4 is 23.3 Å². The number of pyridine rings is 1. The van der Waals surface area contributed by atoms with Crippen LogP contribution in [0.5, 0.6) is 11.5 Å². The number of nitrogens with one attached hydrogen (secondary N) is 1. The monoisotopic (exact) mass is 392 g/mol. The van der Waals surface area contributed by atoms with Crippen LogP contribution in [0.3, 0.4) is 0 Å². The number of methoxy groups -OCH3 is 2. The highest BCUT2D eigenvalue weighted by Crippen LogP contribution is 2.30. The van der Waals surface area contributed by atoms with Gasteiger partial charge < -0.3 is 24.6 Å². The van der Waals surface area contributed by atoms with Gasteiger partial charge in [-0.05, 0) is 30.3 Å². The second-order valence-electron chi connectivity index (χ2n) is 6.60. The summed E-state index contributed by atoms with van der Waals surface area (Å²) in [5.74, 6) is 3.80. The maximum Gasteiger partial charge on any atom is 0.229 e. The first-order valence-electron chi connectivity index (χ1n) is 9.50. The van der Waals surface area contributed by atoms with Gasteiger partial charge in [0.1, 0.15) is 11.6 Å². The van der Waals surface area contributed by atoms with E-state index in [4.69, 9.17) is 9.47 Å². The summed E-state index contributed by atoms with van der Waals surface area (Å²) in [4.78, 5) is 18.0. The molecule has 3 aromatic rings. The highest BCUT2D eigenvalue weighted by Gasteiger charge is 2.19. The quantitative estimate of drug-likeness (QED) is 0.686. The van der Waals surface area contributed by atoms with Crippen molar-refractivity contribution in [3.8, 4) is 11.5 Å². The molecule has 2 aromatic heterocycles. The summed E-state index contributed by atoms with van der Waals surface area (Å²) in [7, 11) is 3.23. The number of rotatable bonds is 6. The molecule has 0 bridgehead atoms. The maximum atomic E-state index is 5.36. The van der Waals surface area contributed by atoms with Crippen molar-refractivity contribution in [1.29, 1.82) is 0 Å². The van der Waals surface area contributed by atoms with Gasteiger partial charge in [-0.15, -0.1) is 0 Å². The number of hydrogen-bond donors (Lipinski definition) is 1. The van der Waals surface area contributed by atoms with Crippen LogP contribution in [0, 0.1) is 0 Å². The van der Waals surface area contributed by atoms with Gasteiger partial charge in [0, 0.05) is 50.3 Å². The Hall–Kier alpha value is -3.55. The normalized spacial score (nSPS) is 13.9. The molecule has 0 aliphatic carbocycles. The summed E-state index contributed by atoms with van der Waals surface area (Å²) in [5, 5.41) is 3.24. The first-order valence-corrected chi connectivity index (χ1v) is 9.50. The molecule has 1 saturated heterocycles. The molecule has 1 aromatic carbocycles. The van der Waals surface area contributed by atoms with Crippen LogP contribution in [0.25, 0.3) is 0 Å². The second-order valence-corrected chi connectivity index (χ2v) is 6.60. The fourth-order valence-corrected chi connectivity index (χ4v) is 3.33. The molecule has 0 amide bonds. The Labute approximate surface area is 170 Å². The van der Waals surface area contributed by atoms with Crippen molar-refractivity contribution in [3.63, 3.8) is 0 Å². The van der Waals surface area contributed by atoms with Crippen molar-refractivity contribution < 1.29 is 9.47 Å². The zero-order valence-electron chi connectivity index (χ0n) is 16.6. The summed E-state index contributed by atoms with van der Waals surface area (Å²) in [6, 6.07) is 13.6. The van der Waals surface area contributed by atoms with E-state index in [9.17, 15) is 0 Å². The van der Waals surface area contributed by atoms with Gasteiger partial charge in [0.05, 0.1) is 14.2 Å². The highest BCUT2D eigenvalue weighted by atomic mass is 16.5. The van der Waals surface area contributed by atoms with Crippen LogP contribution in [0.4, 0.5) is 23.3 Å². The van der Waals surface area contributed by atoms with E-state index in [0.29, 0.717) is 17.4 Å². The highest BCUT2D eigenvalue weighted by molar-refractivity contribution is 5.60. The molecule has 0 spiro atoms. The fraction of sp³-hybridized carbons (Fsp3) is 0.286. The van der Waals surface area contributed by atoms with Crippen molar-refractivity contribution in [2.75, 3.05) is 55.5 Å². The van der Waals surface area contributed by atoms with Crippen molar-refractivity contribution in [1.82, 2.24) is 15.0 Å². The van der Waals surface area contributed by atoms with Gasteiger partial charge in [-0.3, -0.25) is 0 Å². The lowest BCUT2D eigenvalue weighted by Crippen LogP contribution is -2.47. The molecule has 0 radical (unpaired) electrons. The van der Waals surface area contributed by atoms with Gasteiger partial charge in [0.15, 0.2) is 11.5 Å². The maximum absolute atomic E-state index is 5.36. The van der Waals surface area contributed by atoms with E-state index in [1.807, 2.05) is 48.7 Å².